The Labute approximate surface area is 239 Å². The Kier molecular flexibility index (Phi) is 9.15. The van der Waals surface area contributed by atoms with Gasteiger partial charge in [0.05, 0.1) is 50.8 Å². The smallest absolute Gasteiger partial charge is 0.255 e. The number of rotatable bonds is 12. The molecule has 0 aromatic heterocycles. The van der Waals surface area contributed by atoms with E-state index in [1.54, 1.807) is 36.4 Å². The second-order valence-corrected chi connectivity index (χ2v) is 10.3. The van der Waals surface area contributed by atoms with Crippen LogP contribution in [0.15, 0.2) is 90.5 Å². The average Bonchev–Trinajstić information content (AvgIpc) is 2.99. The molecule has 0 fully saturated rings. The molecule has 4 aromatic rings. The SMILES string of the molecule is COc1cc(OC)c(C=CS(=O)(=O)Nc2ccc(OC)c(NC=CC(=O)c3ccc4ccccc4c3)c2)c(OC)c1. The molecule has 0 aliphatic carbocycles. The van der Waals surface area contributed by atoms with Gasteiger partial charge < -0.3 is 24.3 Å². The fraction of sp³-hybridized carbons (Fsp3) is 0.129. The highest BCUT2D eigenvalue weighted by molar-refractivity contribution is 7.95. The fourth-order valence-corrected chi connectivity index (χ4v) is 4.92. The number of benzene rings is 4. The van der Waals surface area contributed by atoms with E-state index in [0.717, 1.165) is 16.2 Å². The zero-order chi connectivity index (χ0) is 29.4. The van der Waals surface area contributed by atoms with Crippen molar-refractivity contribution in [2.24, 2.45) is 0 Å². The number of sulfonamides is 1. The third kappa shape index (κ3) is 7.17. The quantitative estimate of drug-likeness (QED) is 0.154. The highest BCUT2D eigenvalue weighted by Crippen LogP contribution is 2.35. The van der Waals surface area contributed by atoms with Gasteiger partial charge in [-0.3, -0.25) is 9.52 Å². The number of allylic oxidation sites excluding steroid dienone is 1. The predicted molar refractivity (Wildman–Crippen MR) is 162 cm³/mol. The molecule has 0 spiro atoms. The average molecular weight is 575 g/mol. The molecule has 0 saturated heterocycles. The Morgan fingerprint density at radius 2 is 1.44 bits per heavy atom. The van der Waals surface area contributed by atoms with Gasteiger partial charge in [-0.15, -0.1) is 0 Å². The minimum atomic E-state index is -3.94. The maximum atomic E-state index is 12.9. The number of anilines is 2. The van der Waals surface area contributed by atoms with E-state index in [1.807, 2.05) is 36.4 Å². The van der Waals surface area contributed by atoms with Crippen molar-refractivity contribution in [3.8, 4) is 23.0 Å². The van der Waals surface area contributed by atoms with Crippen molar-refractivity contribution in [1.29, 1.82) is 0 Å². The van der Waals surface area contributed by atoms with E-state index in [4.69, 9.17) is 18.9 Å². The lowest BCUT2D eigenvalue weighted by molar-refractivity contribution is 0.104. The van der Waals surface area contributed by atoms with Crippen LogP contribution in [0.4, 0.5) is 11.4 Å². The predicted octanol–water partition coefficient (Wildman–Crippen LogP) is 6.10. The van der Waals surface area contributed by atoms with Gasteiger partial charge in [-0.1, -0.05) is 36.4 Å². The van der Waals surface area contributed by atoms with Gasteiger partial charge in [0.2, 0.25) is 0 Å². The molecule has 212 valence electrons. The van der Waals surface area contributed by atoms with E-state index in [2.05, 4.69) is 10.0 Å². The van der Waals surface area contributed by atoms with Crippen molar-refractivity contribution < 1.29 is 32.2 Å². The first-order valence-electron chi connectivity index (χ1n) is 12.4. The van der Waals surface area contributed by atoms with Crippen LogP contribution in [0.2, 0.25) is 0 Å². The summed E-state index contributed by atoms with van der Waals surface area (Å²) in [6.07, 6.45) is 4.26. The number of hydrogen-bond donors (Lipinski definition) is 2. The molecular weight excluding hydrogens is 544 g/mol. The van der Waals surface area contributed by atoms with Gasteiger partial charge in [-0.25, -0.2) is 8.42 Å². The maximum Gasteiger partial charge on any atom is 0.255 e. The van der Waals surface area contributed by atoms with Gasteiger partial charge >= 0.3 is 0 Å². The van der Waals surface area contributed by atoms with Crippen LogP contribution in [0.5, 0.6) is 23.0 Å². The Morgan fingerprint density at radius 3 is 2.10 bits per heavy atom. The summed E-state index contributed by atoms with van der Waals surface area (Å²) in [4.78, 5) is 12.7. The Hall–Kier alpha value is -4.96. The van der Waals surface area contributed by atoms with Gasteiger partial charge in [0, 0.05) is 30.0 Å². The van der Waals surface area contributed by atoms with Crippen molar-refractivity contribution in [3.05, 3.63) is 102 Å². The van der Waals surface area contributed by atoms with Crippen LogP contribution < -0.4 is 29.0 Å². The van der Waals surface area contributed by atoms with Crippen LogP contribution in [0.25, 0.3) is 16.8 Å². The zero-order valence-corrected chi connectivity index (χ0v) is 23.8. The molecule has 0 unspecified atom stereocenters. The molecule has 0 aliphatic heterocycles. The molecule has 10 heteroatoms. The first kappa shape index (κ1) is 29.0. The Bertz CT molecular complexity index is 1710. The highest BCUT2D eigenvalue weighted by atomic mass is 32.2. The topological polar surface area (TPSA) is 112 Å². The molecule has 2 N–H and O–H groups in total. The molecule has 0 saturated carbocycles. The molecule has 9 nitrogen and oxygen atoms in total. The Morgan fingerprint density at radius 1 is 0.756 bits per heavy atom. The molecule has 0 aliphatic rings. The van der Waals surface area contributed by atoms with E-state index in [9.17, 15) is 13.2 Å². The molecule has 0 amide bonds. The summed E-state index contributed by atoms with van der Waals surface area (Å²) in [7, 11) is 2.00. The number of carbonyl (C=O) groups is 1. The summed E-state index contributed by atoms with van der Waals surface area (Å²) in [6.45, 7) is 0. The molecule has 4 rings (SSSR count). The normalized spacial score (nSPS) is 11.5. The van der Waals surface area contributed by atoms with Gasteiger partial charge in [0.1, 0.15) is 23.0 Å². The standard InChI is InChI=1S/C31H30N2O7S/c1-37-25-19-30(39-3)26(31(20-25)40-4)14-16-41(35,36)33-24-11-12-29(38-2)27(18-24)32-15-13-28(34)23-10-9-21-7-5-6-8-22(21)17-23/h5-20,32-33H,1-4H3. The van der Waals surface area contributed by atoms with Gasteiger partial charge in [0.25, 0.3) is 10.0 Å². The third-order valence-electron chi connectivity index (χ3n) is 6.13. The van der Waals surface area contributed by atoms with Crippen LogP contribution >= 0.6 is 0 Å². The number of methoxy groups -OCH3 is 4. The van der Waals surface area contributed by atoms with Crippen molar-refractivity contribution in [3.63, 3.8) is 0 Å². The largest absolute Gasteiger partial charge is 0.496 e. The van der Waals surface area contributed by atoms with Crippen LogP contribution in [0, 0.1) is 0 Å². The first-order valence-corrected chi connectivity index (χ1v) is 14.0. The third-order valence-corrected chi connectivity index (χ3v) is 7.15. The van der Waals surface area contributed by atoms with E-state index >= 15 is 0 Å². The summed E-state index contributed by atoms with van der Waals surface area (Å²) in [6, 6.07) is 21.3. The van der Waals surface area contributed by atoms with Crippen molar-refractivity contribution >= 4 is 44.0 Å². The molecule has 0 heterocycles. The summed E-state index contributed by atoms with van der Waals surface area (Å²) >= 11 is 0. The monoisotopic (exact) mass is 574 g/mol. The van der Waals surface area contributed by atoms with Crippen molar-refractivity contribution in [2.75, 3.05) is 38.5 Å². The van der Waals surface area contributed by atoms with E-state index in [0.29, 0.717) is 39.8 Å². The number of hydrogen-bond acceptors (Lipinski definition) is 8. The van der Waals surface area contributed by atoms with Crippen molar-refractivity contribution in [1.82, 2.24) is 0 Å². The summed E-state index contributed by atoms with van der Waals surface area (Å²) in [5, 5.41) is 6.04. The zero-order valence-electron chi connectivity index (χ0n) is 23.0. The lowest BCUT2D eigenvalue weighted by atomic mass is 10.0. The summed E-state index contributed by atoms with van der Waals surface area (Å²) < 4.78 is 49.7. The number of ether oxygens (including phenoxy) is 4. The van der Waals surface area contributed by atoms with Gasteiger partial charge in [-0.05, 0) is 41.1 Å². The second-order valence-electron chi connectivity index (χ2n) is 8.71. The van der Waals surface area contributed by atoms with E-state index in [1.165, 1.54) is 46.8 Å². The molecule has 0 atom stereocenters. The molecule has 0 radical (unpaired) electrons. The number of ketones is 1. The molecule has 4 aromatic carbocycles. The maximum absolute atomic E-state index is 12.9. The second kappa shape index (κ2) is 12.9. The molecule has 0 bridgehead atoms. The molecular formula is C31H30N2O7S. The minimum Gasteiger partial charge on any atom is -0.496 e. The number of fused-ring (bicyclic) bond motifs is 1. The molecule has 41 heavy (non-hydrogen) atoms. The van der Waals surface area contributed by atoms with Gasteiger partial charge in [0.15, 0.2) is 5.78 Å². The van der Waals surface area contributed by atoms with E-state index in [-0.39, 0.29) is 11.5 Å². The minimum absolute atomic E-state index is 0.186. The Balaban J connectivity index is 1.50. The van der Waals surface area contributed by atoms with Crippen molar-refractivity contribution in [2.45, 2.75) is 0 Å². The van der Waals surface area contributed by atoms with Crippen LogP contribution in [0.1, 0.15) is 15.9 Å². The van der Waals surface area contributed by atoms with Crippen LogP contribution in [-0.2, 0) is 10.0 Å². The van der Waals surface area contributed by atoms with E-state index < -0.39 is 10.0 Å². The number of nitrogens with one attached hydrogen (secondary N) is 2. The first-order chi connectivity index (χ1) is 19.8. The highest BCUT2D eigenvalue weighted by Gasteiger charge is 2.14. The lowest BCUT2D eigenvalue weighted by Crippen LogP contribution is -2.09. The van der Waals surface area contributed by atoms with Gasteiger partial charge in [-0.2, -0.15) is 0 Å². The summed E-state index contributed by atoms with van der Waals surface area (Å²) in [5.41, 5.74) is 1.71. The van der Waals surface area contributed by atoms with Crippen LogP contribution in [-0.4, -0.2) is 42.6 Å². The fourth-order valence-electron chi connectivity index (χ4n) is 4.08. The lowest BCUT2D eigenvalue weighted by Gasteiger charge is -2.13. The number of carbonyl (C=O) groups excluding carboxylic acids is 1. The van der Waals surface area contributed by atoms with Crippen LogP contribution in [0.3, 0.4) is 0 Å². The summed E-state index contributed by atoms with van der Waals surface area (Å²) in [5.74, 6) is 1.54.